The number of nitrogens with zero attached hydrogens (tertiary/aromatic N) is 2. The minimum Gasteiger partial charge on any atom is -0.301 e. The number of hydrogen-bond donors (Lipinski definition) is 0. The van der Waals surface area contributed by atoms with Gasteiger partial charge in [-0.25, -0.2) is 4.39 Å². The molecule has 2 aromatic carbocycles. The number of carbonyl (C=O) groups is 1. The minimum absolute atomic E-state index is 0.0549. The maximum Gasteiger partial charge on any atom is 0.141 e. The molecule has 2 fully saturated rings. The van der Waals surface area contributed by atoms with Crippen LogP contribution in [0, 0.1) is 24.6 Å². The molecule has 4 heteroatoms. The number of rotatable bonds is 7. The monoisotopic (exact) mass is 462 g/mol. The summed E-state index contributed by atoms with van der Waals surface area (Å²) < 4.78 is 13.2. The second-order valence-electron chi connectivity index (χ2n) is 11.1. The summed E-state index contributed by atoms with van der Waals surface area (Å²) in [5.74, 6) is 1.30. The van der Waals surface area contributed by atoms with Crippen LogP contribution in [0.15, 0.2) is 36.4 Å². The fraction of sp³-hybridized carbons (Fsp3) is 0.567. The molecule has 1 unspecified atom stereocenters. The van der Waals surface area contributed by atoms with E-state index in [9.17, 15) is 9.18 Å². The van der Waals surface area contributed by atoms with Crippen molar-refractivity contribution < 1.29 is 9.18 Å². The summed E-state index contributed by atoms with van der Waals surface area (Å²) in [6.07, 6.45) is 11.5. The fourth-order valence-electron chi connectivity index (χ4n) is 6.69. The van der Waals surface area contributed by atoms with E-state index in [1.54, 1.807) is 12.1 Å². The van der Waals surface area contributed by atoms with Crippen LogP contribution >= 0.6 is 0 Å². The first kappa shape index (κ1) is 23.7. The second kappa shape index (κ2) is 10.7. The van der Waals surface area contributed by atoms with Crippen LogP contribution in [0.1, 0.15) is 78.8 Å². The third-order valence-corrected chi connectivity index (χ3v) is 8.49. The first-order valence-corrected chi connectivity index (χ1v) is 13.4. The molecular weight excluding hydrogens is 423 g/mol. The van der Waals surface area contributed by atoms with E-state index in [1.165, 1.54) is 79.0 Å². The molecule has 1 saturated carbocycles. The maximum atomic E-state index is 13.2. The van der Waals surface area contributed by atoms with Crippen LogP contribution in [-0.2, 0) is 24.3 Å². The summed E-state index contributed by atoms with van der Waals surface area (Å²) in [7, 11) is 0. The number of benzene rings is 2. The maximum absolute atomic E-state index is 13.2. The van der Waals surface area contributed by atoms with Gasteiger partial charge in [0.1, 0.15) is 12.1 Å². The van der Waals surface area contributed by atoms with Gasteiger partial charge in [0.2, 0.25) is 0 Å². The highest BCUT2D eigenvalue weighted by Gasteiger charge is 2.33. The quantitative estimate of drug-likeness (QED) is 0.456. The van der Waals surface area contributed by atoms with E-state index in [-0.39, 0.29) is 11.9 Å². The summed E-state index contributed by atoms with van der Waals surface area (Å²) in [4.78, 5) is 17.0. The number of piperidine rings is 1. The van der Waals surface area contributed by atoms with Gasteiger partial charge in [0.15, 0.2) is 0 Å². The van der Waals surface area contributed by atoms with Gasteiger partial charge in [-0.1, -0.05) is 43.5 Å². The molecule has 182 valence electrons. The summed E-state index contributed by atoms with van der Waals surface area (Å²) in [5.41, 5.74) is 6.60. The molecule has 3 aliphatic rings. The summed E-state index contributed by atoms with van der Waals surface area (Å²) in [6, 6.07) is 11.6. The number of fused-ring (bicyclic) bond motifs is 1. The molecule has 3 nitrogen and oxygen atoms in total. The molecule has 1 atom stereocenters. The Morgan fingerprint density at radius 1 is 0.941 bits per heavy atom. The van der Waals surface area contributed by atoms with Crippen molar-refractivity contribution in [3.8, 4) is 0 Å². The third-order valence-electron chi connectivity index (χ3n) is 8.49. The van der Waals surface area contributed by atoms with E-state index in [4.69, 9.17) is 0 Å². The van der Waals surface area contributed by atoms with Gasteiger partial charge in [-0.05, 0) is 104 Å². The Morgan fingerprint density at radius 3 is 2.38 bits per heavy atom. The van der Waals surface area contributed by atoms with Gasteiger partial charge in [0, 0.05) is 19.6 Å². The largest absolute Gasteiger partial charge is 0.301 e. The zero-order valence-electron chi connectivity index (χ0n) is 20.6. The highest BCUT2D eigenvalue weighted by Crippen LogP contribution is 2.38. The van der Waals surface area contributed by atoms with Crippen molar-refractivity contribution in [1.82, 2.24) is 9.80 Å². The van der Waals surface area contributed by atoms with Gasteiger partial charge in [-0.3, -0.25) is 9.80 Å². The van der Waals surface area contributed by atoms with Crippen LogP contribution in [0.5, 0.6) is 0 Å². The van der Waals surface area contributed by atoms with Crippen molar-refractivity contribution in [2.45, 2.75) is 77.4 Å². The van der Waals surface area contributed by atoms with Crippen LogP contribution < -0.4 is 0 Å². The molecule has 0 bridgehead atoms. The van der Waals surface area contributed by atoms with Gasteiger partial charge in [0.25, 0.3) is 0 Å². The summed E-state index contributed by atoms with van der Waals surface area (Å²) in [6.45, 7) is 7.32. The first-order valence-electron chi connectivity index (χ1n) is 13.4. The normalized spacial score (nSPS) is 22.7. The molecule has 0 radical (unpaired) electrons. The topological polar surface area (TPSA) is 23.6 Å². The van der Waals surface area contributed by atoms with Gasteiger partial charge in [-0.2, -0.15) is 0 Å². The predicted octanol–water partition coefficient (Wildman–Crippen LogP) is 6.22. The van der Waals surface area contributed by atoms with Crippen LogP contribution in [-0.4, -0.2) is 35.7 Å². The molecule has 0 spiro atoms. The van der Waals surface area contributed by atoms with E-state index in [0.717, 1.165) is 45.1 Å². The molecule has 0 N–H and O–H groups in total. The van der Waals surface area contributed by atoms with Gasteiger partial charge in [0.05, 0.1) is 6.04 Å². The number of carbonyl (C=O) groups excluding carboxylic acids is 1. The van der Waals surface area contributed by atoms with Crippen molar-refractivity contribution in [2.24, 2.45) is 11.8 Å². The second-order valence-corrected chi connectivity index (χ2v) is 11.1. The van der Waals surface area contributed by atoms with E-state index >= 15 is 0 Å². The number of likely N-dealkylation sites (tertiary alicyclic amines) is 1. The first-order chi connectivity index (χ1) is 16.6. The highest BCUT2D eigenvalue weighted by atomic mass is 19.1. The number of aldehydes is 1. The third kappa shape index (κ3) is 5.44. The molecule has 1 saturated heterocycles. The number of halogens is 1. The van der Waals surface area contributed by atoms with Crippen LogP contribution in [0.25, 0.3) is 0 Å². The lowest BCUT2D eigenvalue weighted by atomic mass is 9.87. The van der Waals surface area contributed by atoms with Crippen molar-refractivity contribution in [3.63, 3.8) is 0 Å². The van der Waals surface area contributed by atoms with Crippen LogP contribution in [0.4, 0.5) is 4.39 Å². The Bertz CT molecular complexity index is 974. The minimum atomic E-state index is -0.163. The lowest BCUT2D eigenvalue weighted by Gasteiger charge is -2.32. The van der Waals surface area contributed by atoms with Gasteiger partial charge < -0.3 is 4.79 Å². The molecule has 5 rings (SSSR count). The zero-order chi connectivity index (χ0) is 23.5. The zero-order valence-corrected chi connectivity index (χ0v) is 20.6. The van der Waals surface area contributed by atoms with Crippen LogP contribution in [0.3, 0.4) is 0 Å². The van der Waals surface area contributed by atoms with Gasteiger partial charge >= 0.3 is 0 Å². The molecule has 1 aliphatic carbocycles. The lowest BCUT2D eigenvalue weighted by Crippen LogP contribution is -2.33. The van der Waals surface area contributed by atoms with Crippen molar-refractivity contribution in [2.75, 3.05) is 19.6 Å². The SMILES string of the molecule is Cc1cc(CC2CCN(Cc3ccc(F)cc3)CC2)cc2c1C(C=O)N(CC1CCCCC1)C2. The molecule has 2 aromatic rings. The molecule has 34 heavy (non-hydrogen) atoms. The Morgan fingerprint density at radius 2 is 1.68 bits per heavy atom. The van der Waals surface area contributed by atoms with E-state index < -0.39 is 0 Å². The number of hydrogen-bond acceptors (Lipinski definition) is 3. The average Bonchev–Trinajstić information content (AvgIpc) is 3.20. The molecular formula is C30H39FN2O. The van der Waals surface area contributed by atoms with Crippen molar-refractivity contribution >= 4 is 6.29 Å². The molecule has 2 aliphatic heterocycles. The molecule has 0 amide bonds. The summed E-state index contributed by atoms with van der Waals surface area (Å²) >= 11 is 0. The van der Waals surface area contributed by atoms with Crippen LogP contribution in [0.2, 0.25) is 0 Å². The number of aryl methyl sites for hydroxylation is 1. The Balaban J connectivity index is 1.18. The predicted molar refractivity (Wildman–Crippen MR) is 135 cm³/mol. The van der Waals surface area contributed by atoms with E-state index in [0.29, 0.717) is 5.92 Å². The summed E-state index contributed by atoms with van der Waals surface area (Å²) in [5, 5.41) is 0. The fourth-order valence-corrected chi connectivity index (χ4v) is 6.69. The highest BCUT2D eigenvalue weighted by molar-refractivity contribution is 5.66. The Hall–Kier alpha value is -2.04. The van der Waals surface area contributed by atoms with E-state index in [2.05, 4.69) is 28.9 Å². The molecule has 0 aromatic heterocycles. The molecule has 2 heterocycles. The van der Waals surface area contributed by atoms with Crippen molar-refractivity contribution in [1.29, 1.82) is 0 Å². The Labute approximate surface area is 204 Å². The standard InChI is InChI=1S/C30H39FN2O/c1-22-15-26(16-23-11-13-32(14-12-23)18-25-7-9-28(31)10-8-25)17-27-20-33(29(21-34)30(22)27)19-24-5-3-2-4-6-24/h7-10,15,17,21,23-24,29H,2-6,11-14,16,18-20H2,1H3. The smallest absolute Gasteiger partial charge is 0.141 e. The van der Waals surface area contributed by atoms with Gasteiger partial charge in [-0.15, -0.1) is 0 Å². The van der Waals surface area contributed by atoms with E-state index in [1.807, 2.05) is 12.1 Å². The van der Waals surface area contributed by atoms with Crippen molar-refractivity contribution in [3.05, 3.63) is 70.0 Å². The average molecular weight is 463 g/mol. The Kier molecular flexibility index (Phi) is 7.46. The lowest BCUT2D eigenvalue weighted by molar-refractivity contribution is -0.112.